The highest BCUT2D eigenvalue weighted by Gasteiger charge is 2.23. The van der Waals surface area contributed by atoms with E-state index in [4.69, 9.17) is 9.59 Å². The molecule has 0 aromatic heterocycles. The zero-order valence-corrected chi connectivity index (χ0v) is 6.51. The van der Waals surface area contributed by atoms with Gasteiger partial charge in [-0.25, -0.2) is 0 Å². The summed E-state index contributed by atoms with van der Waals surface area (Å²) in [7, 11) is -1.94. The second-order valence-corrected chi connectivity index (χ2v) is 4.23. The topological polar surface area (TPSA) is 40.5 Å². The fraction of sp³-hybridized carbons (Fsp3) is 1.00. The highest BCUT2D eigenvalue weighted by atomic mass is 28.3. The van der Waals surface area contributed by atoms with Gasteiger partial charge in [0.15, 0.2) is 0 Å². The molecule has 0 aliphatic heterocycles. The fourth-order valence-electron chi connectivity index (χ4n) is 1.36. The minimum absolute atomic E-state index is 0.267. The van der Waals surface area contributed by atoms with Gasteiger partial charge in [-0.3, -0.25) is 0 Å². The number of hydrogen-bond donors (Lipinski definition) is 2. The molecule has 0 spiro atoms. The summed E-state index contributed by atoms with van der Waals surface area (Å²) in [6.45, 7) is 0. The van der Waals surface area contributed by atoms with E-state index in [0.29, 0.717) is 0 Å². The first-order valence-corrected chi connectivity index (χ1v) is 5.02. The van der Waals surface area contributed by atoms with Crippen molar-refractivity contribution in [3.63, 3.8) is 0 Å². The lowest BCUT2D eigenvalue weighted by Crippen LogP contribution is -2.22. The van der Waals surface area contributed by atoms with Gasteiger partial charge in [0.25, 0.3) is 0 Å². The summed E-state index contributed by atoms with van der Waals surface area (Å²) in [5, 5.41) is 0. The molecule has 3 heteroatoms. The molecule has 0 atom stereocenters. The Hall–Kier alpha value is 0.137. The summed E-state index contributed by atoms with van der Waals surface area (Å²) >= 11 is 0. The Kier molecular flexibility index (Phi) is 2.69. The Balaban J connectivity index is 2.23. The molecule has 0 aromatic rings. The van der Waals surface area contributed by atoms with Crippen LogP contribution in [-0.4, -0.2) is 18.9 Å². The van der Waals surface area contributed by atoms with Crippen molar-refractivity contribution in [1.82, 2.24) is 0 Å². The van der Waals surface area contributed by atoms with Crippen LogP contribution in [0.25, 0.3) is 0 Å². The first-order valence-electron chi connectivity index (χ1n) is 3.55. The first kappa shape index (κ1) is 7.25. The van der Waals surface area contributed by atoms with Gasteiger partial charge in [-0.1, -0.05) is 19.3 Å². The van der Waals surface area contributed by atoms with Crippen LogP contribution in [0.1, 0.15) is 32.1 Å². The molecule has 0 heterocycles. The van der Waals surface area contributed by atoms with Gasteiger partial charge in [0.1, 0.15) is 0 Å². The molecule has 1 aliphatic carbocycles. The van der Waals surface area contributed by atoms with Gasteiger partial charge in [0.05, 0.1) is 0 Å². The summed E-state index contributed by atoms with van der Waals surface area (Å²) < 4.78 is 0. The van der Waals surface area contributed by atoms with Gasteiger partial charge in [0, 0.05) is 5.54 Å². The summed E-state index contributed by atoms with van der Waals surface area (Å²) in [6, 6.07) is 0. The molecule has 0 amide bonds. The third-order valence-electron chi connectivity index (χ3n) is 1.97. The molecule has 2 N–H and O–H groups in total. The SMILES string of the molecule is O[Si](O)C1CCCCC1. The molecule has 1 rings (SSSR count). The lowest BCUT2D eigenvalue weighted by molar-refractivity contribution is 0.351. The molecule has 1 saturated carbocycles. The van der Waals surface area contributed by atoms with Crippen LogP contribution in [0.15, 0.2) is 0 Å². The molecule has 0 bridgehead atoms. The number of rotatable bonds is 1. The first-order chi connectivity index (χ1) is 4.30. The molecule has 2 nitrogen and oxygen atoms in total. The quantitative estimate of drug-likeness (QED) is 0.536. The minimum atomic E-state index is -1.94. The third-order valence-corrected chi connectivity index (χ3v) is 3.28. The molecule has 1 aliphatic rings. The van der Waals surface area contributed by atoms with E-state index in [2.05, 4.69) is 0 Å². The van der Waals surface area contributed by atoms with Gasteiger partial charge in [-0.05, 0) is 12.8 Å². The van der Waals surface area contributed by atoms with Crippen LogP contribution in [0, 0.1) is 0 Å². The lowest BCUT2D eigenvalue weighted by atomic mass is 10.0. The fourth-order valence-corrected chi connectivity index (χ4v) is 2.29. The van der Waals surface area contributed by atoms with Crippen LogP contribution < -0.4 is 0 Å². The zero-order valence-electron chi connectivity index (χ0n) is 5.51. The van der Waals surface area contributed by atoms with Crippen molar-refractivity contribution < 1.29 is 9.59 Å². The largest absolute Gasteiger partial charge is 0.410 e. The van der Waals surface area contributed by atoms with Crippen LogP contribution in [-0.2, 0) is 0 Å². The molecule has 1 radical (unpaired) electrons. The Morgan fingerprint density at radius 3 is 1.89 bits per heavy atom. The van der Waals surface area contributed by atoms with Crippen molar-refractivity contribution in [2.75, 3.05) is 0 Å². The van der Waals surface area contributed by atoms with Crippen molar-refractivity contribution in [3.05, 3.63) is 0 Å². The molecule has 0 unspecified atom stereocenters. The highest BCUT2D eigenvalue weighted by molar-refractivity contribution is 6.43. The normalized spacial score (nSPS) is 23.0. The van der Waals surface area contributed by atoms with Crippen LogP contribution >= 0.6 is 0 Å². The average molecular weight is 145 g/mol. The average Bonchev–Trinajstić information content (AvgIpc) is 1.90. The van der Waals surface area contributed by atoms with Gasteiger partial charge >= 0.3 is 9.28 Å². The summed E-state index contributed by atoms with van der Waals surface area (Å²) in [6.07, 6.45) is 5.76. The predicted molar refractivity (Wildman–Crippen MR) is 37.0 cm³/mol. The number of hydrogen-bond acceptors (Lipinski definition) is 2. The van der Waals surface area contributed by atoms with Gasteiger partial charge < -0.3 is 9.59 Å². The summed E-state index contributed by atoms with van der Waals surface area (Å²) in [5.74, 6) is 0. The Labute approximate surface area is 57.4 Å². The summed E-state index contributed by atoms with van der Waals surface area (Å²) in [5.41, 5.74) is 0.267. The molecule has 9 heavy (non-hydrogen) atoms. The van der Waals surface area contributed by atoms with E-state index in [1.807, 2.05) is 0 Å². The Morgan fingerprint density at radius 1 is 1.00 bits per heavy atom. The van der Waals surface area contributed by atoms with E-state index in [-0.39, 0.29) is 5.54 Å². The maximum Gasteiger partial charge on any atom is 0.382 e. The van der Waals surface area contributed by atoms with Crippen molar-refractivity contribution in [2.45, 2.75) is 37.6 Å². The monoisotopic (exact) mass is 145 g/mol. The molecule has 0 aromatic carbocycles. The van der Waals surface area contributed by atoms with E-state index >= 15 is 0 Å². The lowest BCUT2D eigenvalue weighted by Gasteiger charge is -2.19. The van der Waals surface area contributed by atoms with E-state index in [0.717, 1.165) is 12.8 Å². The maximum atomic E-state index is 8.83. The van der Waals surface area contributed by atoms with E-state index in [1.165, 1.54) is 19.3 Å². The molecular formula is C6H13O2Si. The van der Waals surface area contributed by atoms with Gasteiger partial charge in [-0.2, -0.15) is 0 Å². The van der Waals surface area contributed by atoms with Crippen molar-refractivity contribution in [2.24, 2.45) is 0 Å². The second-order valence-electron chi connectivity index (χ2n) is 2.69. The van der Waals surface area contributed by atoms with E-state index in [1.54, 1.807) is 0 Å². The van der Waals surface area contributed by atoms with Gasteiger partial charge in [-0.15, -0.1) is 0 Å². The van der Waals surface area contributed by atoms with E-state index in [9.17, 15) is 0 Å². The van der Waals surface area contributed by atoms with Crippen molar-refractivity contribution in [3.8, 4) is 0 Å². The van der Waals surface area contributed by atoms with Crippen LogP contribution in [0.4, 0.5) is 0 Å². The van der Waals surface area contributed by atoms with Crippen LogP contribution in [0.2, 0.25) is 5.54 Å². The Bertz CT molecular complexity index is 79.1. The molecule has 0 saturated heterocycles. The predicted octanol–water partition coefficient (Wildman–Crippen LogP) is 0.793. The zero-order chi connectivity index (χ0) is 6.69. The third kappa shape index (κ3) is 2.08. The van der Waals surface area contributed by atoms with Gasteiger partial charge in [0.2, 0.25) is 0 Å². The van der Waals surface area contributed by atoms with Crippen LogP contribution in [0.5, 0.6) is 0 Å². The van der Waals surface area contributed by atoms with Crippen LogP contribution in [0.3, 0.4) is 0 Å². The van der Waals surface area contributed by atoms with Crippen molar-refractivity contribution in [1.29, 1.82) is 0 Å². The molecular weight excluding hydrogens is 132 g/mol. The minimum Gasteiger partial charge on any atom is -0.410 e. The van der Waals surface area contributed by atoms with E-state index < -0.39 is 9.28 Å². The van der Waals surface area contributed by atoms with Crippen molar-refractivity contribution >= 4 is 9.28 Å². The maximum absolute atomic E-state index is 8.83. The Morgan fingerprint density at radius 2 is 1.56 bits per heavy atom. The summed E-state index contributed by atoms with van der Waals surface area (Å²) in [4.78, 5) is 17.7. The smallest absolute Gasteiger partial charge is 0.382 e. The second kappa shape index (κ2) is 3.34. The standard InChI is InChI=1S/C6H13O2Si/c7-9(8)6-4-2-1-3-5-6/h6-8H,1-5H2. The highest BCUT2D eigenvalue weighted by Crippen LogP contribution is 2.29. The molecule has 1 fully saturated rings. The molecule has 53 valence electrons.